The van der Waals surface area contributed by atoms with E-state index < -0.39 is 27.5 Å². The number of benzene rings is 1. The van der Waals surface area contributed by atoms with Crippen molar-refractivity contribution < 1.29 is 31.1 Å². The molecule has 2 heterocycles. The van der Waals surface area contributed by atoms with Crippen molar-refractivity contribution in [2.24, 2.45) is 0 Å². The molecule has 0 atom stereocenters. The molecule has 0 radical (unpaired) electrons. The molecule has 1 fully saturated rings. The quantitative estimate of drug-likeness (QED) is 0.678. The number of morpholine rings is 1. The zero-order valence-electron chi connectivity index (χ0n) is 16.0. The Labute approximate surface area is 171 Å². The predicted molar refractivity (Wildman–Crippen MR) is 100 cm³/mol. The second-order valence-electron chi connectivity index (χ2n) is 6.41. The fourth-order valence-electron chi connectivity index (χ4n) is 2.70. The van der Waals surface area contributed by atoms with Gasteiger partial charge in [0.2, 0.25) is 16.0 Å². The summed E-state index contributed by atoms with van der Waals surface area (Å²) in [5, 5.41) is 0. The van der Waals surface area contributed by atoms with E-state index in [1.165, 1.54) is 7.11 Å². The summed E-state index contributed by atoms with van der Waals surface area (Å²) in [6, 6.07) is 3.99. The lowest BCUT2D eigenvalue weighted by molar-refractivity contribution is -0.137. The molecule has 0 bridgehead atoms. The molecule has 0 spiro atoms. The molecule has 1 aromatic carbocycles. The van der Waals surface area contributed by atoms with E-state index in [1.54, 1.807) is 0 Å². The van der Waals surface area contributed by atoms with Crippen molar-refractivity contribution in [1.82, 2.24) is 19.7 Å². The van der Waals surface area contributed by atoms with Gasteiger partial charge < -0.3 is 14.4 Å². The Bertz CT molecular complexity index is 964. The Balaban J connectivity index is 1.67. The smallest absolute Gasteiger partial charge is 0.416 e. The highest BCUT2D eigenvalue weighted by atomic mass is 32.2. The van der Waals surface area contributed by atoms with Gasteiger partial charge in [-0.2, -0.15) is 28.1 Å². The molecular weight excluding hydrogens is 427 g/mol. The summed E-state index contributed by atoms with van der Waals surface area (Å²) < 4.78 is 75.2. The molecule has 0 unspecified atom stereocenters. The minimum absolute atomic E-state index is 0.0448. The van der Waals surface area contributed by atoms with Gasteiger partial charge in [0.1, 0.15) is 0 Å². The number of rotatable bonds is 7. The van der Waals surface area contributed by atoms with Crippen LogP contribution in [0.2, 0.25) is 0 Å². The van der Waals surface area contributed by atoms with Crippen molar-refractivity contribution >= 4 is 16.0 Å². The van der Waals surface area contributed by atoms with Crippen LogP contribution in [0, 0.1) is 0 Å². The van der Waals surface area contributed by atoms with E-state index in [1.807, 2.05) is 4.90 Å². The molecule has 164 valence electrons. The molecule has 1 aliphatic heterocycles. The van der Waals surface area contributed by atoms with E-state index >= 15 is 0 Å². The fraction of sp³-hybridized carbons (Fsp3) is 0.471. The van der Waals surface area contributed by atoms with Gasteiger partial charge >= 0.3 is 12.2 Å². The lowest BCUT2D eigenvalue weighted by Crippen LogP contribution is -2.37. The SMILES string of the molecule is COc1nc(CNS(=O)(=O)Cc2ccc(C(F)(F)F)cc2)nc(N2CCOCC2)n1. The number of ether oxygens (including phenoxy) is 2. The Hall–Kier alpha value is -2.51. The maximum atomic E-state index is 12.6. The first-order valence-electron chi connectivity index (χ1n) is 8.91. The molecule has 1 saturated heterocycles. The molecule has 1 N–H and O–H groups in total. The Morgan fingerprint density at radius 2 is 1.80 bits per heavy atom. The fourth-order valence-corrected chi connectivity index (χ4v) is 3.78. The standard InChI is InChI=1S/C17H20F3N5O4S/c1-28-16-23-14(22-15(24-16)25-6-8-29-9-7-25)10-21-30(26,27)11-12-2-4-13(5-3-12)17(18,19)20/h2-5,21H,6-11H2,1H3. The summed E-state index contributed by atoms with van der Waals surface area (Å²) in [7, 11) is -2.46. The Morgan fingerprint density at radius 3 is 2.40 bits per heavy atom. The zero-order chi connectivity index (χ0) is 21.8. The lowest BCUT2D eigenvalue weighted by Gasteiger charge is -2.26. The topological polar surface area (TPSA) is 107 Å². The molecule has 3 rings (SSSR count). The number of hydrogen-bond acceptors (Lipinski definition) is 8. The zero-order valence-corrected chi connectivity index (χ0v) is 16.8. The summed E-state index contributed by atoms with van der Waals surface area (Å²) in [5.41, 5.74) is -0.623. The van der Waals surface area contributed by atoms with Crippen molar-refractivity contribution in [2.45, 2.75) is 18.5 Å². The van der Waals surface area contributed by atoms with Gasteiger partial charge in [0.25, 0.3) is 0 Å². The third kappa shape index (κ3) is 6.00. The summed E-state index contributed by atoms with van der Waals surface area (Å²) in [5.74, 6) is 0.0189. The summed E-state index contributed by atoms with van der Waals surface area (Å²) >= 11 is 0. The maximum Gasteiger partial charge on any atom is 0.416 e. The van der Waals surface area contributed by atoms with Crippen LogP contribution in [0.25, 0.3) is 0 Å². The molecule has 0 aliphatic carbocycles. The number of hydrogen-bond donors (Lipinski definition) is 1. The first-order valence-corrected chi connectivity index (χ1v) is 10.6. The van der Waals surface area contributed by atoms with Gasteiger partial charge in [0.05, 0.1) is 38.2 Å². The van der Waals surface area contributed by atoms with Crippen molar-refractivity contribution in [3.8, 4) is 6.01 Å². The van der Waals surface area contributed by atoms with Crippen LogP contribution in [0.3, 0.4) is 0 Å². The van der Waals surface area contributed by atoms with Gasteiger partial charge in [-0.25, -0.2) is 13.1 Å². The first-order chi connectivity index (χ1) is 14.2. The number of sulfonamides is 1. The van der Waals surface area contributed by atoms with Crippen LogP contribution >= 0.6 is 0 Å². The molecule has 1 aromatic heterocycles. The van der Waals surface area contributed by atoms with E-state index in [-0.39, 0.29) is 23.9 Å². The van der Waals surface area contributed by atoms with Crippen molar-refractivity contribution in [3.63, 3.8) is 0 Å². The van der Waals surface area contributed by atoms with Gasteiger partial charge in [0, 0.05) is 13.1 Å². The van der Waals surface area contributed by atoms with E-state index in [9.17, 15) is 21.6 Å². The summed E-state index contributed by atoms with van der Waals surface area (Å²) in [6.07, 6.45) is -4.48. The average Bonchev–Trinajstić information content (AvgIpc) is 2.72. The van der Waals surface area contributed by atoms with Crippen LogP contribution in [0.4, 0.5) is 19.1 Å². The lowest BCUT2D eigenvalue weighted by atomic mass is 10.1. The number of nitrogens with zero attached hydrogens (tertiary/aromatic N) is 4. The number of aromatic nitrogens is 3. The van der Waals surface area contributed by atoms with Crippen LogP contribution < -0.4 is 14.4 Å². The minimum atomic E-state index is -4.48. The Morgan fingerprint density at radius 1 is 1.13 bits per heavy atom. The Kier molecular flexibility index (Phi) is 6.73. The van der Waals surface area contributed by atoms with Crippen molar-refractivity contribution in [1.29, 1.82) is 0 Å². The highest BCUT2D eigenvalue weighted by molar-refractivity contribution is 7.88. The van der Waals surface area contributed by atoms with Gasteiger partial charge in [-0.05, 0) is 17.7 Å². The van der Waals surface area contributed by atoms with E-state index in [0.717, 1.165) is 24.3 Å². The van der Waals surface area contributed by atoms with Crippen LogP contribution in [-0.4, -0.2) is 56.8 Å². The molecule has 30 heavy (non-hydrogen) atoms. The van der Waals surface area contributed by atoms with E-state index in [2.05, 4.69) is 19.7 Å². The molecule has 9 nitrogen and oxygen atoms in total. The van der Waals surface area contributed by atoms with Gasteiger partial charge in [-0.3, -0.25) is 0 Å². The predicted octanol–water partition coefficient (Wildman–Crippen LogP) is 1.36. The van der Waals surface area contributed by atoms with Gasteiger partial charge in [-0.1, -0.05) is 12.1 Å². The third-order valence-electron chi connectivity index (χ3n) is 4.21. The normalized spacial score (nSPS) is 15.3. The van der Waals surface area contributed by atoms with Crippen molar-refractivity contribution in [3.05, 3.63) is 41.2 Å². The second kappa shape index (κ2) is 9.10. The molecular formula is C17H20F3N5O4S. The number of anilines is 1. The van der Waals surface area contributed by atoms with Gasteiger partial charge in [-0.15, -0.1) is 0 Å². The average molecular weight is 447 g/mol. The second-order valence-corrected chi connectivity index (χ2v) is 8.22. The third-order valence-corrected chi connectivity index (χ3v) is 5.51. The van der Waals surface area contributed by atoms with Crippen LogP contribution in [0.5, 0.6) is 6.01 Å². The van der Waals surface area contributed by atoms with Gasteiger partial charge in [0.15, 0.2) is 5.82 Å². The first kappa shape index (κ1) is 22.2. The number of halogens is 3. The van der Waals surface area contributed by atoms with E-state index in [0.29, 0.717) is 32.3 Å². The maximum absolute atomic E-state index is 12.6. The highest BCUT2D eigenvalue weighted by Gasteiger charge is 2.30. The molecule has 1 aliphatic rings. The molecule has 2 aromatic rings. The molecule has 0 saturated carbocycles. The number of methoxy groups -OCH3 is 1. The minimum Gasteiger partial charge on any atom is -0.467 e. The summed E-state index contributed by atoms with van der Waals surface area (Å²) in [6.45, 7) is 1.96. The van der Waals surface area contributed by atoms with E-state index in [4.69, 9.17) is 9.47 Å². The molecule has 13 heteroatoms. The van der Waals surface area contributed by atoms with Crippen molar-refractivity contribution in [2.75, 3.05) is 38.3 Å². The van der Waals surface area contributed by atoms with Crippen LogP contribution in [-0.2, 0) is 33.2 Å². The van der Waals surface area contributed by atoms with Crippen LogP contribution in [0.1, 0.15) is 17.0 Å². The number of alkyl halides is 3. The highest BCUT2D eigenvalue weighted by Crippen LogP contribution is 2.29. The number of nitrogens with one attached hydrogen (secondary N) is 1. The largest absolute Gasteiger partial charge is 0.467 e. The van der Waals surface area contributed by atoms with Crippen LogP contribution in [0.15, 0.2) is 24.3 Å². The monoisotopic (exact) mass is 447 g/mol. The molecule has 0 amide bonds. The summed E-state index contributed by atoms with van der Waals surface area (Å²) in [4.78, 5) is 14.4.